The summed E-state index contributed by atoms with van der Waals surface area (Å²) in [7, 11) is -3.91. The summed E-state index contributed by atoms with van der Waals surface area (Å²) in [6, 6.07) is 19.3. The van der Waals surface area contributed by atoms with Crippen molar-refractivity contribution < 1.29 is 27.5 Å². The Bertz CT molecular complexity index is 1430. The summed E-state index contributed by atoms with van der Waals surface area (Å²) in [5, 5.41) is 0. The van der Waals surface area contributed by atoms with Gasteiger partial charge in [-0.1, -0.05) is 36.4 Å². The van der Waals surface area contributed by atoms with Gasteiger partial charge >= 0.3 is 5.97 Å². The molecule has 3 aromatic carbocycles. The van der Waals surface area contributed by atoms with Crippen LogP contribution in [0.1, 0.15) is 43.6 Å². The largest absolute Gasteiger partial charge is 0.460 e. The van der Waals surface area contributed by atoms with Gasteiger partial charge in [0.2, 0.25) is 0 Å². The number of amides is 2. The minimum atomic E-state index is -3.91. The summed E-state index contributed by atoms with van der Waals surface area (Å²) >= 11 is 0. The molecule has 2 aliphatic rings. The second kappa shape index (κ2) is 8.66. The predicted octanol–water partition coefficient (Wildman–Crippen LogP) is 3.28. The van der Waals surface area contributed by atoms with Crippen molar-refractivity contribution >= 4 is 33.5 Å². The Kier molecular flexibility index (Phi) is 5.64. The van der Waals surface area contributed by atoms with Gasteiger partial charge in [-0.05, 0) is 55.3 Å². The topological polar surface area (TPSA) is 101 Å². The van der Waals surface area contributed by atoms with Gasteiger partial charge in [-0.15, -0.1) is 0 Å². The maximum Gasteiger partial charge on any atom is 0.338 e. The maximum absolute atomic E-state index is 13.4. The molecule has 5 rings (SSSR count). The molecule has 2 aliphatic heterocycles. The molecule has 0 saturated carbocycles. The van der Waals surface area contributed by atoms with Crippen LogP contribution in [0.2, 0.25) is 0 Å². The van der Waals surface area contributed by atoms with Crippen LogP contribution < -0.4 is 4.31 Å². The van der Waals surface area contributed by atoms with E-state index in [9.17, 15) is 22.8 Å². The van der Waals surface area contributed by atoms with Crippen molar-refractivity contribution in [2.45, 2.75) is 24.3 Å². The van der Waals surface area contributed by atoms with Crippen molar-refractivity contribution in [3.8, 4) is 0 Å². The summed E-state index contributed by atoms with van der Waals surface area (Å²) < 4.78 is 33.5. The van der Waals surface area contributed by atoms with E-state index in [4.69, 9.17) is 4.74 Å². The fourth-order valence-electron chi connectivity index (χ4n) is 4.56. The molecule has 0 N–H and O–H groups in total. The average Bonchev–Trinajstić information content (AvgIpc) is 3.33. The van der Waals surface area contributed by atoms with Crippen LogP contribution in [0.15, 0.2) is 77.7 Å². The van der Waals surface area contributed by atoms with Crippen molar-refractivity contribution in [3.63, 3.8) is 0 Å². The summed E-state index contributed by atoms with van der Waals surface area (Å²) in [5.74, 6) is -1.61. The molecule has 8 nitrogen and oxygen atoms in total. The molecule has 0 unspecified atom stereocenters. The number of hydrogen-bond donors (Lipinski definition) is 0. The molecule has 0 saturated heterocycles. The average molecular weight is 491 g/mol. The number of imide groups is 1. The molecule has 2 amide bonds. The fraction of sp³-hybridized carbons (Fsp3) is 0.192. The Balaban J connectivity index is 1.29. The minimum Gasteiger partial charge on any atom is -0.460 e. The number of anilines is 1. The van der Waals surface area contributed by atoms with Gasteiger partial charge in [0.05, 0.1) is 33.8 Å². The van der Waals surface area contributed by atoms with Gasteiger partial charge in [0.25, 0.3) is 21.8 Å². The highest BCUT2D eigenvalue weighted by atomic mass is 32.2. The van der Waals surface area contributed by atoms with Crippen LogP contribution in [0, 0.1) is 0 Å². The number of carbonyl (C=O) groups is 3. The fourth-order valence-corrected chi connectivity index (χ4v) is 6.29. The lowest BCUT2D eigenvalue weighted by molar-refractivity contribution is 0.0420. The summed E-state index contributed by atoms with van der Waals surface area (Å²) in [5.41, 5.74) is 2.29. The van der Waals surface area contributed by atoms with Crippen molar-refractivity contribution in [2.75, 3.05) is 17.5 Å². The molecule has 0 fully saturated rings. The van der Waals surface area contributed by atoms with E-state index in [0.29, 0.717) is 23.2 Å². The van der Waals surface area contributed by atoms with E-state index in [-0.39, 0.29) is 29.7 Å². The smallest absolute Gasteiger partial charge is 0.338 e. The molecule has 2 heterocycles. The number of esters is 1. The van der Waals surface area contributed by atoms with Crippen LogP contribution in [0.25, 0.3) is 0 Å². The van der Waals surface area contributed by atoms with Gasteiger partial charge in [0, 0.05) is 6.04 Å². The molecular weight excluding hydrogens is 468 g/mol. The predicted molar refractivity (Wildman–Crippen MR) is 128 cm³/mol. The molecular formula is C26H22N2O6S. The van der Waals surface area contributed by atoms with Crippen molar-refractivity contribution in [1.29, 1.82) is 0 Å². The van der Waals surface area contributed by atoms with E-state index in [1.807, 2.05) is 19.1 Å². The van der Waals surface area contributed by atoms with Gasteiger partial charge in [-0.2, -0.15) is 0 Å². The standard InChI is InChI=1S/C26H22N2O6S/c1-17-15-18-7-2-5-12-23(18)28(17)35(32,33)20-9-6-8-19(16-20)26(31)34-14-13-27-24(29)21-10-3-4-11-22(21)25(27)30/h2-12,16-17H,13-15H2,1H3/t17-/m0/s1. The number of rotatable bonds is 6. The number of fused-ring (bicyclic) bond motifs is 2. The van der Waals surface area contributed by atoms with E-state index in [1.54, 1.807) is 36.4 Å². The van der Waals surface area contributed by atoms with E-state index < -0.39 is 27.8 Å². The first-order valence-corrected chi connectivity index (χ1v) is 12.6. The van der Waals surface area contributed by atoms with Crippen molar-refractivity contribution in [1.82, 2.24) is 4.90 Å². The molecule has 3 aromatic rings. The summed E-state index contributed by atoms with van der Waals surface area (Å²) in [4.78, 5) is 38.5. The van der Waals surface area contributed by atoms with Crippen LogP contribution in [-0.2, 0) is 21.2 Å². The molecule has 0 aliphatic carbocycles. The van der Waals surface area contributed by atoms with Crippen molar-refractivity contribution in [2.24, 2.45) is 0 Å². The number of nitrogens with zero attached hydrogens (tertiary/aromatic N) is 2. The molecule has 35 heavy (non-hydrogen) atoms. The molecule has 1 atom stereocenters. The number of benzene rings is 3. The van der Waals surface area contributed by atoms with E-state index in [0.717, 1.165) is 10.5 Å². The zero-order valence-corrected chi connectivity index (χ0v) is 19.7. The first kappa shape index (κ1) is 22.8. The Morgan fingerprint density at radius 2 is 1.60 bits per heavy atom. The Labute approximate surface area is 202 Å². The normalized spacial score (nSPS) is 16.9. The van der Waals surface area contributed by atoms with Gasteiger partial charge in [0.15, 0.2) is 0 Å². The zero-order valence-electron chi connectivity index (χ0n) is 18.9. The number of hydrogen-bond acceptors (Lipinski definition) is 6. The second-order valence-corrected chi connectivity index (χ2v) is 10.3. The molecule has 9 heteroatoms. The number of sulfonamides is 1. The van der Waals surface area contributed by atoms with Gasteiger partial charge in [0.1, 0.15) is 6.61 Å². The third-order valence-corrected chi connectivity index (χ3v) is 8.12. The highest BCUT2D eigenvalue weighted by Gasteiger charge is 2.37. The van der Waals surface area contributed by atoms with Crippen LogP contribution in [0.4, 0.5) is 5.69 Å². The van der Waals surface area contributed by atoms with E-state index in [1.165, 1.54) is 28.6 Å². The molecule has 0 aromatic heterocycles. The zero-order chi connectivity index (χ0) is 24.7. The first-order chi connectivity index (χ1) is 16.8. The number of para-hydroxylation sites is 1. The minimum absolute atomic E-state index is 0.0177. The lowest BCUT2D eigenvalue weighted by Crippen LogP contribution is -2.35. The highest BCUT2D eigenvalue weighted by molar-refractivity contribution is 7.92. The lowest BCUT2D eigenvalue weighted by atomic mass is 10.1. The SMILES string of the molecule is C[C@H]1Cc2ccccc2N1S(=O)(=O)c1cccc(C(=O)OCCN2C(=O)c3ccccc3C2=O)c1. The van der Waals surface area contributed by atoms with Crippen LogP contribution >= 0.6 is 0 Å². The molecule has 178 valence electrons. The van der Waals surface area contributed by atoms with E-state index in [2.05, 4.69) is 0 Å². The number of ether oxygens (including phenoxy) is 1. The Morgan fingerprint density at radius 1 is 0.943 bits per heavy atom. The lowest BCUT2D eigenvalue weighted by Gasteiger charge is -2.24. The Morgan fingerprint density at radius 3 is 2.31 bits per heavy atom. The quantitative estimate of drug-likeness (QED) is 0.388. The van der Waals surface area contributed by atoms with E-state index >= 15 is 0 Å². The molecule has 0 spiro atoms. The molecule has 0 bridgehead atoms. The monoisotopic (exact) mass is 490 g/mol. The van der Waals surface area contributed by atoms with Gasteiger partial charge in [-0.3, -0.25) is 18.8 Å². The first-order valence-electron chi connectivity index (χ1n) is 11.1. The summed E-state index contributed by atoms with van der Waals surface area (Å²) in [6.07, 6.45) is 0.606. The number of carbonyl (C=O) groups excluding carboxylic acids is 3. The highest BCUT2D eigenvalue weighted by Crippen LogP contribution is 2.36. The third kappa shape index (κ3) is 3.87. The van der Waals surface area contributed by atoms with Gasteiger partial charge in [-0.25, -0.2) is 13.2 Å². The Hall–Kier alpha value is -3.98. The third-order valence-electron chi connectivity index (χ3n) is 6.20. The second-order valence-electron chi connectivity index (χ2n) is 8.45. The van der Waals surface area contributed by atoms with Crippen LogP contribution in [-0.4, -0.2) is 50.3 Å². The van der Waals surface area contributed by atoms with Crippen LogP contribution in [0.5, 0.6) is 0 Å². The van der Waals surface area contributed by atoms with Crippen LogP contribution in [0.3, 0.4) is 0 Å². The van der Waals surface area contributed by atoms with Gasteiger partial charge < -0.3 is 4.74 Å². The maximum atomic E-state index is 13.4. The summed E-state index contributed by atoms with van der Waals surface area (Å²) in [6.45, 7) is 1.53. The van der Waals surface area contributed by atoms with Crippen molar-refractivity contribution in [3.05, 3.63) is 95.1 Å². The molecule has 0 radical (unpaired) electrons.